The van der Waals surface area contributed by atoms with Gasteiger partial charge in [0, 0.05) is 10.0 Å². The first-order chi connectivity index (χ1) is 63.2. The van der Waals surface area contributed by atoms with Crippen LogP contribution in [0.4, 0.5) is 0 Å². The summed E-state index contributed by atoms with van der Waals surface area (Å²) in [5.74, 6) is 2.46. The quantitative estimate of drug-likeness (QED) is 0.0333. The normalized spacial score (nSPS) is 12.6. The van der Waals surface area contributed by atoms with Crippen molar-refractivity contribution in [2.75, 3.05) is 0 Å². The van der Waals surface area contributed by atoms with E-state index >= 15 is 0 Å². The van der Waals surface area contributed by atoms with Crippen LogP contribution in [0.2, 0.25) is 10.0 Å². The van der Waals surface area contributed by atoms with Gasteiger partial charge in [0.05, 0.1) is 0 Å². The minimum absolute atomic E-state index is 0.497. The molecule has 9 rings (SSSR count). The molecule has 4 unspecified atom stereocenters. The van der Waals surface area contributed by atoms with E-state index in [0.29, 0.717) is 11.8 Å². The monoisotopic (exact) mass is 1760 g/mol. The van der Waals surface area contributed by atoms with Crippen LogP contribution in [0.25, 0.3) is 89.0 Å². The summed E-state index contributed by atoms with van der Waals surface area (Å²) in [6.45, 7) is 14.1. The maximum atomic E-state index is 7.15. The fraction of sp³-hybridized carbons (Fsp3) is 0.571. The summed E-state index contributed by atoms with van der Waals surface area (Å²) in [5.41, 5.74) is 22.5. The van der Waals surface area contributed by atoms with Crippen LogP contribution in [0.1, 0.15) is 463 Å². The molecule has 128 heavy (non-hydrogen) atoms. The van der Waals surface area contributed by atoms with Gasteiger partial charge < -0.3 is 0 Å². The lowest BCUT2D eigenvalue weighted by Gasteiger charge is -2.30. The SMILES string of the molecule is CCCCCCCCCCCCC(CCCCCCCCCC)CC(CCCCCCCCCCC)c1ccc(-c2c(-c3ccc(C(CCCCCCCCCCC)CC(CCCCCCCCCC)CCCCCCCCCCCC)cc3)c(-c3cccc(-c4ccccc4)c3)c(-c3ccc(Cl)cc3)c(-c3ccc(Cl)cc3)c2-c2cccc(-c3ccccc3)c2)cc1. The molecule has 2 heteroatoms. The maximum absolute atomic E-state index is 7.15. The third-order valence-corrected chi connectivity index (χ3v) is 29.5. The minimum Gasteiger partial charge on any atom is -0.0843 e. The van der Waals surface area contributed by atoms with Gasteiger partial charge in [-0.2, -0.15) is 0 Å². The number of hydrogen-bond acceptors (Lipinski definition) is 0. The Hall–Kier alpha value is -6.44. The second kappa shape index (κ2) is 66.0. The minimum atomic E-state index is 0.497. The molecular formula is C126H180Cl2. The van der Waals surface area contributed by atoms with Crippen LogP contribution in [0.3, 0.4) is 0 Å². The Morgan fingerprint density at radius 3 is 0.586 bits per heavy atom. The molecular weight excluding hydrogens is 1580 g/mol. The second-order valence-corrected chi connectivity index (χ2v) is 40.6. The van der Waals surface area contributed by atoms with Crippen LogP contribution in [-0.4, -0.2) is 0 Å². The van der Waals surface area contributed by atoms with Crippen LogP contribution in [-0.2, 0) is 0 Å². The van der Waals surface area contributed by atoms with Gasteiger partial charge in [-0.25, -0.2) is 0 Å². The Bertz CT molecular complexity index is 3960. The molecule has 0 amide bonds. The molecule has 0 saturated carbocycles. The van der Waals surface area contributed by atoms with E-state index in [0.717, 1.165) is 33.0 Å². The highest BCUT2D eigenvalue weighted by molar-refractivity contribution is 6.31. The molecule has 0 fully saturated rings. The zero-order chi connectivity index (χ0) is 89.7. The summed E-state index contributed by atoms with van der Waals surface area (Å²) >= 11 is 14.3. The van der Waals surface area contributed by atoms with Gasteiger partial charge in [0.25, 0.3) is 0 Å². The average Bonchev–Trinajstić information content (AvgIpc) is 0.712. The van der Waals surface area contributed by atoms with Crippen LogP contribution in [0.5, 0.6) is 0 Å². The van der Waals surface area contributed by atoms with Crippen molar-refractivity contribution in [3.63, 3.8) is 0 Å². The zero-order valence-electron chi connectivity index (χ0n) is 82.5. The molecule has 0 aliphatic heterocycles. The Morgan fingerprint density at radius 2 is 0.352 bits per heavy atom. The van der Waals surface area contributed by atoms with Crippen molar-refractivity contribution in [1.82, 2.24) is 0 Å². The Labute approximate surface area is 797 Å². The molecule has 9 aromatic carbocycles. The van der Waals surface area contributed by atoms with Crippen LogP contribution < -0.4 is 0 Å². The van der Waals surface area contributed by atoms with E-state index < -0.39 is 0 Å². The van der Waals surface area contributed by atoms with E-state index in [1.165, 1.54) is 487 Å². The molecule has 0 aromatic heterocycles. The summed E-state index contributed by atoms with van der Waals surface area (Å²) in [6.07, 6.45) is 84.9. The van der Waals surface area contributed by atoms with Crippen molar-refractivity contribution < 1.29 is 0 Å². The second-order valence-electron chi connectivity index (χ2n) is 39.7. The fourth-order valence-corrected chi connectivity index (χ4v) is 21.6. The van der Waals surface area contributed by atoms with Gasteiger partial charge in [-0.3, -0.25) is 0 Å². The van der Waals surface area contributed by atoms with Crippen molar-refractivity contribution in [2.24, 2.45) is 11.8 Å². The number of hydrogen-bond donors (Lipinski definition) is 0. The lowest BCUT2D eigenvalue weighted by Crippen LogP contribution is -2.10. The summed E-state index contributed by atoms with van der Waals surface area (Å²) < 4.78 is 0. The van der Waals surface area contributed by atoms with E-state index in [2.05, 4.69) is 248 Å². The van der Waals surface area contributed by atoms with E-state index in [9.17, 15) is 0 Å². The smallest absolute Gasteiger partial charge is 0.0406 e. The summed E-state index contributed by atoms with van der Waals surface area (Å²) in [4.78, 5) is 0. The van der Waals surface area contributed by atoms with Crippen molar-refractivity contribution in [3.05, 3.63) is 227 Å². The highest BCUT2D eigenvalue weighted by atomic mass is 35.5. The first-order valence-electron chi connectivity index (χ1n) is 54.5. The van der Waals surface area contributed by atoms with Gasteiger partial charge >= 0.3 is 0 Å². The molecule has 0 saturated heterocycles. The van der Waals surface area contributed by atoms with Gasteiger partial charge in [0.2, 0.25) is 0 Å². The Kier molecular flexibility index (Phi) is 54.3. The predicted octanol–water partition coefficient (Wildman–Crippen LogP) is 44.0. The third kappa shape index (κ3) is 39.0. The molecule has 0 radical (unpaired) electrons. The molecule has 0 heterocycles. The molecule has 0 aliphatic carbocycles. The average molecular weight is 1770 g/mol. The van der Waals surface area contributed by atoms with Gasteiger partial charge in [-0.1, -0.05) is 607 Å². The third-order valence-electron chi connectivity index (χ3n) is 29.0. The van der Waals surface area contributed by atoms with Crippen LogP contribution >= 0.6 is 23.2 Å². The molecule has 0 spiro atoms. The topological polar surface area (TPSA) is 0 Å². The molecule has 0 nitrogen and oxygen atoms in total. The lowest BCUT2D eigenvalue weighted by atomic mass is 9.73. The van der Waals surface area contributed by atoms with E-state index in [4.69, 9.17) is 23.2 Å². The molecule has 0 N–H and O–H groups in total. The van der Waals surface area contributed by atoms with Gasteiger partial charge in [-0.15, -0.1) is 0 Å². The van der Waals surface area contributed by atoms with Crippen molar-refractivity contribution >= 4 is 23.2 Å². The summed E-state index contributed by atoms with van der Waals surface area (Å²) in [5, 5.41) is 1.46. The van der Waals surface area contributed by atoms with Crippen LogP contribution in [0.15, 0.2) is 206 Å². The first kappa shape index (κ1) is 105. The summed E-state index contributed by atoms with van der Waals surface area (Å²) in [6, 6.07) is 80.2. The number of unbranched alkanes of at least 4 members (excludes halogenated alkanes) is 48. The number of rotatable bonds is 74. The van der Waals surface area contributed by atoms with Gasteiger partial charge in [0.1, 0.15) is 0 Å². The van der Waals surface area contributed by atoms with Crippen molar-refractivity contribution in [2.45, 2.75) is 451 Å². The summed E-state index contributed by atoms with van der Waals surface area (Å²) in [7, 11) is 0. The van der Waals surface area contributed by atoms with E-state index in [1.54, 1.807) is 0 Å². The Morgan fingerprint density at radius 1 is 0.164 bits per heavy atom. The Balaban J connectivity index is 1.26. The van der Waals surface area contributed by atoms with Crippen molar-refractivity contribution in [1.29, 1.82) is 0 Å². The lowest BCUT2D eigenvalue weighted by molar-refractivity contribution is 0.342. The fourth-order valence-electron chi connectivity index (χ4n) is 21.3. The van der Waals surface area contributed by atoms with E-state index in [-0.39, 0.29) is 0 Å². The highest BCUT2D eigenvalue weighted by Crippen LogP contribution is 2.57. The zero-order valence-corrected chi connectivity index (χ0v) is 84.0. The molecule has 0 aliphatic rings. The largest absolute Gasteiger partial charge is 0.0843 e. The van der Waals surface area contributed by atoms with Crippen LogP contribution in [0, 0.1) is 11.8 Å². The predicted molar refractivity (Wildman–Crippen MR) is 573 cm³/mol. The van der Waals surface area contributed by atoms with E-state index in [1.807, 2.05) is 0 Å². The van der Waals surface area contributed by atoms with Gasteiger partial charge in [0.15, 0.2) is 0 Å². The first-order valence-corrected chi connectivity index (χ1v) is 55.3. The number of halogens is 2. The molecule has 0 bridgehead atoms. The highest BCUT2D eigenvalue weighted by Gasteiger charge is 2.31. The molecule has 698 valence electrons. The number of benzene rings is 9. The standard InChI is InChI=1S/C126H180Cl2/c1-7-13-19-25-31-37-41-45-51-59-71-103(69-57-49-43-35-29-23-17-11-5)99-113(77-61-53-47-39-33-27-21-15-9-3)107-83-87-109(88-84-107)121-122(110-89-85-108(86-90-110)114(78-62-54-48-40-34-28-22-16-10-4)100-104(70-58-50-44-36-30-24-18-12-6)72-60-52-46-42-38-32-26-20-14-8-2)126(118-82-68-80-116(102-118)106-75-65-56-66-76-106)124(112-93-97-120(128)98-94-112)123(111-91-95-119(127)96-92-111)125(121)117-81-67-79-115(101-117)105-73-63-55-64-74-105/h55-56,63-68,73-76,79-98,101-104,113-114H,7-54,57-62,69-72,77-78,99-100H2,1-6H3. The maximum Gasteiger partial charge on any atom is 0.0406 e. The van der Waals surface area contributed by atoms with Gasteiger partial charge in [-0.05, 0) is 186 Å². The van der Waals surface area contributed by atoms with Crippen molar-refractivity contribution in [3.8, 4) is 89.0 Å². The molecule has 9 aromatic rings. The molecule has 4 atom stereocenters.